The molecule has 142 valence electrons. The molecule has 0 aliphatic carbocycles. The number of rotatable bonds is 3. The molecule has 4 rings (SSSR count). The van der Waals surface area contributed by atoms with Gasteiger partial charge in [0, 0.05) is 27.9 Å². The Bertz CT molecular complexity index is 957. The predicted octanol–water partition coefficient (Wildman–Crippen LogP) is 3.94. The third-order valence-electron chi connectivity index (χ3n) is 3.98. The quantitative estimate of drug-likeness (QED) is 0.547. The lowest BCUT2D eigenvalue weighted by Crippen LogP contribution is -2.29. The molecule has 2 aromatic heterocycles. The number of benzene rings is 1. The molecule has 0 bridgehead atoms. The first-order valence-electron chi connectivity index (χ1n) is 8.35. The molecule has 3 heterocycles. The summed E-state index contributed by atoms with van der Waals surface area (Å²) in [7, 11) is 0. The molecule has 28 heavy (non-hydrogen) atoms. The van der Waals surface area contributed by atoms with E-state index in [1.165, 1.54) is 4.90 Å². The summed E-state index contributed by atoms with van der Waals surface area (Å²) in [5, 5.41) is 0. The molecule has 2 N–H and O–H groups in total. The number of pyridine rings is 2. The number of hydrogen-bond donors (Lipinski definition) is 1. The lowest BCUT2D eigenvalue weighted by molar-refractivity contribution is 0.0640. The lowest BCUT2D eigenvalue weighted by atomic mass is 10.1. The summed E-state index contributed by atoms with van der Waals surface area (Å²) in [6.45, 7) is 0.701. The van der Waals surface area contributed by atoms with E-state index >= 15 is 0 Å². The van der Waals surface area contributed by atoms with Gasteiger partial charge in [-0.2, -0.15) is 0 Å². The van der Waals surface area contributed by atoms with Crippen molar-refractivity contribution in [3.05, 3.63) is 92.4 Å². The van der Waals surface area contributed by atoms with E-state index in [-0.39, 0.29) is 18.4 Å². The van der Waals surface area contributed by atoms with Crippen LogP contribution in [0.1, 0.15) is 32.1 Å². The van der Waals surface area contributed by atoms with Gasteiger partial charge in [-0.05, 0) is 68.3 Å². The average molecular weight is 504 g/mol. The van der Waals surface area contributed by atoms with Gasteiger partial charge >= 0.3 is 0 Å². The first-order chi connectivity index (χ1) is 13.5. The number of halogens is 2. The SMILES string of the molecule is NCc1ccc(Br)cn1.O=C1c2ccccc2C(=O)N1Cc1ccc(Br)cn1. The first-order valence-corrected chi connectivity index (χ1v) is 9.94. The molecule has 6 nitrogen and oxygen atoms in total. The van der Waals surface area contributed by atoms with Crippen molar-refractivity contribution in [3.63, 3.8) is 0 Å². The molecule has 2 amide bonds. The summed E-state index contributed by atoms with van der Waals surface area (Å²) < 4.78 is 1.85. The van der Waals surface area contributed by atoms with Gasteiger partial charge in [0.25, 0.3) is 11.8 Å². The van der Waals surface area contributed by atoms with E-state index in [1.807, 2.05) is 18.2 Å². The minimum atomic E-state index is -0.259. The zero-order chi connectivity index (χ0) is 20.1. The maximum atomic E-state index is 12.1. The van der Waals surface area contributed by atoms with Crippen molar-refractivity contribution >= 4 is 43.7 Å². The van der Waals surface area contributed by atoms with E-state index in [0.717, 1.165) is 14.6 Å². The number of hydrogen-bond acceptors (Lipinski definition) is 5. The number of nitrogens with zero attached hydrogens (tertiary/aromatic N) is 3. The highest BCUT2D eigenvalue weighted by Crippen LogP contribution is 2.24. The summed E-state index contributed by atoms with van der Waals surface area (Å²) in [5.74, 6) is -0.518. The van der Waals surface area contributed by atoms with E-state index in [2.05, 4.69) is 41.8 Å². The Balaban J connectivity index is 0.000000211. The second-order valence-corrected chi connectivity index (χ2v) is 7.71. The summed E-state index contributed by atoms with van der Waals surface area (Å²) in [6, 6.07) is 14.3. The fraction of sp³-hybridized carbons (Fsp3) is 0.100. The number of nitrogens with two attached hydrogens (primary N) is 1. The third kappa shape index (κ3) is 4.70. The van der Waals surface area contributed by atoms with Crippen molar-refractivity contribution < 1.29 is 9.59 Å². The Hall–Kier alpha value is -2.42. The normalized spacial score (nSPS) is 12.5. The monoisotopic (exact) mass is 502 g/mol. The van der Waals surface area contributed by atoms with Gasteiger partial charge in [0.1, 0.15) is 0 Å². The van der Waals surface area contributed by atoms with Crippen LogP contribution < -0.4 is 5.73 Å². The Kier molecular flexibility index (Phi) is 6.66. The van der Waals surface area contributed by atoms with Crippen LogP contribution >= 0.6 is 31.9 Å². The van der Waals surface area contributed by atoms with Crippen molar-refractivity contribution in [2.45, 2.75) is 13.1 Å². The second-order valence-electron chi connectivity index (χ2n) is 5.88. The largest absolute Gasteiger partial charge is 0.325 e. The molecular weight excluding hydrogens is 488 g/mol. The average Bonchev–Trinajstić information content (AvgIpc) is 2.96. The maximum absolute atomic E-state index is 12.1. The smallest absolute Gasteiger partial charge is 0.261 e. The van der Waals surface area contributed by atoms with Gasteiger partial charge in [0.05, 0.1) is 29.1 Å². The first kappa shape index (κ1) is 20.3. The van der Waals surface area contributed by atoms with Crippen molar-refractivity contribution in [3.8, 4) is 0 Å². The lowest BCUT2D eigenvalue weighted by Gasteiger charge is -2.12. The van der Waals surface area contributed by atoms with E-state index in [0.29, 0.717) is 23.4 Å². The van der Waals surface area contributed by atoms with Crippen LogP contribution in [0.3, 0.4) is 0 Å². The molecule has 1 aliphatic rings. The molecule has 3 aromatic rings. The summed E-state index contributed by atoms with van der Waals surface area (Å²) in [6.07, 6.45) is 3.38. The van der Waals surface area contributed by atoms with E-state index < -0.39 is 0 Å². The Labute approximate surface area is 179 Å². The Morgan fingerprint density at radius 2 is 1.29 bits per heavy atom. The van der Waals surface area contributed by atoms with Gasteiger partial charge in [-0.3, -0.25) is 24.5 Å². The summed E-state index contributed by atoms with van der Waals surface area (Å²) in [4.78, 5) is 33.7. The van der Waals surface area contributed by atoms with Gasteiger partial charge in [-0.1, -0.05) is 12.1 Å². The second kappa shape index (κ2) is 9.18. The fourth-order valence-electron chi connectivity index (χ4n) is 2.57. The molecule has 0 unspecified atom stereocenters. The highest BCUT2D eigenvalue weighted by atomic mass is 79.9. The maximum Gasteiger partial charge on any atom is 0.261 e. The minimum absolute atomic E-state index is 0.194. The number of amides is 2. The van der Waals surface area contributed by atoms with Crippen LogP contribution in [0.5, 0.6) is 0 Å². The highest BCUT2D eigenvalue weighted by Gasteiger charge is 2.35. The van der Waals surface area contributed by atoms with Gasteiger partial charge in [-0.15, -0.1) is 0 Å². The number of carbonyl (C=O) groups excluding carboxylic acids is 2. The molecule has 1 aliphatic heterocycles. The standard InChI is InChI=1S/C14H9BrN2O2.C6H7BrN2/c15-9-5-6-10(16-7-9)8-17-13(18)11-3-1-2-4-12(11)14(17)19;7-5-1-2-6(3-8)9-4-5/h1-7H,8H2;1-2,4H,3,8H2. The molecule has 0 radical (unpaired) electrons. The van der Waals surface area contributed by atoms with Crippen molar-refractivity contribution in [2.24, 2.45) is 5.73 Å². The van der Waals surface area contributed by atoms with Gasteiger partial charge < -0.3 is 5.73 Å². The molecule has 8 heteroatoms. The van der Waals surface area contributed by atoms with E-state index in [4.69, 9.17) is 5.73 Å². The van der Waals surface area contributed by atoms with Crippen LogP contribution in [-0.4, -0.2) is 26.7 Å². The molecule has 0 saturated heterocycles. The summed E-state index contributed by atoms with van der Waals surface area (Å²) >= 11 is 6.57. The van der Waals surface area contributed by atoms with Gasteiger partial charge in [0.2, 0.25) is 0 Å². The van der Waals surface area contributed by atoms with Crippen LogP contribution in [0.2, 0.25) is 0 Å². The van der Waals surface area contributed by atoms with E-state index in [9.17, 15) is 9.59 Å². The minimum Gasteiger partial charge on any atom is -0.325 e. The van der Waals surface area contributed by atoms with Crippen molar-refractivity contribution in [1.82, 2.24) is 14.9 Å². The third-order valence-corrected chi connectivity index (χ3v) is 4.92. The number of imide groups is 1. The van der Waals surface area contributed by atoms with Gasteiger partial charge in [-0.25, -0.2) is 0 Å². The highest BCUT2D eigenvalue weighted by molar-refractivity contribution is 9.10. The molecule has 0 atom stereocenters. The molecule has 0 spiro atoms. The topological polar surface area (TPSA) is 89.2 Å². The van der Waals surface area contributed by atoms with Crippen molar-refractivity contribution in [2.75, 3.05) is 0 Å². The number of aromatic nitrogens is 2. The van der Waals surface area contributed by atoms with Gasteiger partial charge in [0.15, 0.2) is 0 Å². The van der Waals surface area contributed by atoms with Crippen LogP contribution in [0, 0.1) is 0 Å². The van der Waals surface area contributed by atoms with Crippen molar-refractivity contribution in [1.29, 1.82) is 0 Å². The molecule has 0 fully saturated rings. The Morgan fingerprint density at radius 3 is 1.71 bits per heavy atom. The number of fused-ring (bicyclic) bond motifs is 1. The van der Waals surface area contributed by atoms with Crippen LogP contribution in [-0.2, 0) is 13.1 Å². The summed E-state index contributed by atoms with van der Waals surface area (Å²) in [5.41, 5.74) is 7.84. The Morgan fingerprint density at radius 1 is 0.786 bits per heavy atom. The zero-order valence-electron chi connectivity index (χ0n) is 14.7. The molecule has 1 aromatic carbocycles. The van der Waals surface area contributed by atoms with E-state index in [1.54, 1.807) is 42.7 Å². The number of carbonyl (C=O) groups is 2. The predicted molar refractivity (Wildman–Crippen MR) is 112 cm³/mol. The van der Waals surface area contributed by atoms with Crippen LogP contribution in [0.4, 0.5) is 0 Å². The molecular formula is C20H16Br2N4O2. The molecule has 0 saturated carbocycles. The van der Waals surface area contributed by atoms with Crippen LogP contribution in [0.15, 0.2) is 69.9 Å². The zero-order valence-corrected chi connectivity index (χ0v) is 17.9. The van der Waals surface area contributed by atoms with Crippen LogP contribution in [0.25, 0.3) is 0 Å². The fourth-order valence-corrected chi connectivity index (χ4v) is 3.04.